The summed E-state index contributed by atoms with van der Waals surface area (Å²) in [6.45, 7) is 8.22. The Morgan fingerprint density at radius 2 is 1.55 bits per heavy atom. The number of rotatable bonds is 4. The van der Waals surface area contributed by atoms with Gasteiger partial charge in [0, 0.05) is 22.7 Å². The molecule has 0 saturated heterocycles. The van der Waals surface area contributed by atoms with Crippen LogP contribution in [0.1, 0.15) is 35.5 Å². The zero-order chi connectivity index (χ0) is 14.7. The van der Waals surface area contributed by atoms with Crippen molar-refractivity contribution < 1.29 is 0 Å². The highest BCUT2D eigenvalue weighted by Crippen LogP contribution is 2.29. The third kappa shape index (κ3) is 3.38. The number of nitrogens with zero attached hydrogens (tertiary/aromatic N) is 2. The lowest BCUT2D eigenvalue weighted by Crippen LogP contribution is -2.21. The van der Waals surface area contributed by atoms with E-state index in [1.165, 1.54) is 0 Å². The van der Waals surface area contributed by atoms with Gasteiger partial charge in [0.1, 0.15) is 0 Å². The third-order valence-corrected chi connectivity index (χ3v) is 4.65. The Morgan fingerprint density at radius 3 is 2.10 bits per heavy atom. The highest BCUT2D eigenvalue weighted by Gasteiger charge is 2.18. The number of hydrogen-bond acceptors (Lipinski definition) is 4. The number of hydrogen-bond donors (Lipinski definition) is 1. The van der Waals surface area contributed by atoms with Crippen LogP contribution in [0.15, 0.2) is 35.5 Å². The molecule has 0 bridgehead atoms. The SMILES string of the molecule is Cc1nc(SC(C)C(N)c2ccccc2)nc(C)c1C. The predicted molar refractivity (Wildman–Crippen MR) is 84.9 cm³/mol. The van der Waals surface area contributed by atoms with Crippen LogP contribution in [0, 0.1) is 20.8 Å². The van der Waals surface area contributed by atoms with Crippen LogP contribution in [0.4, 0.5) is 0 Å². The summed E-state index contributed by atoms with van der Waals surface area (Å²) in [5.41, 5.74) is 10.7. The summed E-state index contributed by atoms with van der Waals surface area (Å²) in [7, 11) is 0. The second-order valence-corrected chi connectivity index (χ2v) is 6.41. The molecule has 0 radical (unpaired) electrons. The topological polar surface area (TPSA) is 51.8 Å². The first-order valence-electron chi connectivity index (χ1n) is 6.78. The molecule has 2 atom stereocenters. The Hall–Kier alpha value is -1.39. The molecule has 0 spiro atoms. The van der Waals surface area contributed by atoms with Crippen LogP contribution in [-0.4, -0.2) is 15.2 Å². The number of benzene rings is 1. The Bertz CT molecular complexity index is 561. The fourth-order valence-electron chi connectivity index (χ4n) is 1.98. The summed E-state index contributed by atoms with van der Waals surface area (Å²) in [5, 5.41) is 1.03. The van der Waals surface area contributed by atoms with E-state index in [1.807, 2.05) is 32.0 Å². The molecule has 0 amide bonds. The van der Waals surface area contributed by atoms with Crippen molar-refractivity contribution in [3.05, 3.63) is 52.8 Å². The first kappa shape index (κ1) is 15.0. The average molecular weight is 287 g/mol. The molecular weight excluding hydrogens is 266 g/mol. The molecule has 1 heterocycles. The maximum absolute atomic E-state index is 6.32. The van der Waals surface area contributed by atoms with Crippen molar-refractivity contribution in [1.82, 2.24) is 9.97 Å². The number of aromatic nitrogens is 2. The van der Waals surface area contributed by atoms with Crippen molar-refractivity contribution >= 4 is 11.8 Å². The van der Waals surface area contributed by atoms with E-state index in [-0.39, 0.29) is 11.3 Å². The average Bonchev–Trinajstić information content (AvgIpc) is 2.44. The van der Waals surface area contributed by atoms with Gasteiger partial charge in [0.05, 0.1) is 0 Å². The Morgan fingerprint density at radius 1 is 1.00 bits per heavy atom. The summed E-state index contributed by atoms with van der Waals surface area (Å²) in [5.74, 6) is 0. The summed E-state index contributed by atoms with van der Waals surface area (Å²) < 4.78 is 0. The Balaban J connectivity index is 2.14. The largest absolute Gasteiger partial charge is 0.323 e. The molecule has 0 aliphatic rings. The minimum absolute atomic E-state index is 0.0216. The van der Waals surface area contributed by atoms with E-state index in [4.69, 9.17) is 5.73 Å². The summed E-state index contributed by atoms with van der Waals surface area (Å²) in [6, 6.07) is 10.1. The zero-order valence-corrected chi connectivity index (χ0v) is 13.2. The molecule has 2 rings (SSSR count). The van der Waals surface area contributed by atoms with Crippen LogP contribution in [-0.2, 0) is 0 Å². The highest BCUT2D eigenvalue weighted by atomic mass is 32.2. The van der Waals surface area contributed by atoms with Crippen molar-refractivity contribution in [3.8, 4) is 0 Å². The Kier molecular flexibility index (Phi) is 4.78. The van der Waals surface area contributed by atoms with E-state index in [0.717, 1.165) is 27.7 Å². The third-order valence-electron chi connectivity index (χ3n) is 3.59. The first-order valence-corrected chi connectivity index (χ1v) is 7.66. The monoisotopic (exact) mass is 287 g/mol. The summed E-state index contributed by atoms with van der Waals surface area (Å²) >= 11 is 1.64. The zero-order valence-electron chi connectivity index (χ0n) is 12.4. The van der Waals surface area contributed by atoms with Gasteiger partial charge in [-0.25, -0.2) is 9.97 Å². The second-order valence-electron chi connectivity index (χ2n) is 5.06. The molecule has 0 saturated carbocycles. The number of aryl methyl sites for hydroxylation is 2. The highest BCUT2D eigenvalue weighted by molar-refractivity contribution is 7.99. The van der Waals surface area contributed by atoms with Crippen molar-refractivity contribution in [3.63, 3.8) is 0 Å². The maximum Gasteiger partial charge on any atom is 0.188 e. The molecule has 2 N–H and O–H groups in total. The van der Waals surface area contributed by atoms with Gasteiger partial charge >= 0.3 is 0 Å². The Labute approximate surface area is 125 Å². The molecule has 0 aliphatic carbocycles. The minimum Gasteiger partial charge on any atom is -0.323 e. The van der Waals surface area contributed by atoms with E-state index in [1.54, 1.807) is 11.8 Å². The lowest BCUT2D eigenvalue weighted by Gasteiger charge is -2.19. The van der Waals surface area contributed by atoms with Gasteiger partial charge in [-0.15, -0.1) is 0 Å². The van der Waals surface area contributed by atoms with Gasteiger partial charge in [0.2, 0.25) is 0 Å². The molecule has 0 fully saturated rings. The predicted octanol–water partition coefficient (Wildman–Crippen LogP) is 3.58. The second kappa shape index (κ2) is 6.37. The smallest absolute Gasteiger partial charge is 0.188 e. The van der Waals surface area contributed by atoms with Crippen molar-refractivity contribution in [2.24, 2.45) is 5.73 Å². The van der Waals surface area contributed by atoms with Crippen LogP contribution in [0.2, 0.25) is 0 Å². The molecule has 106 valence electrons. The van der Waals surface area contributed by atoms with E-state index < -0.39 is 0 Å². The van der Waals surface area contributed by atoms with Gasteiger partial charge in [0.25, 0.3) is 0 Å². The van der Waals surface area contributed by atoms with E-state index >= 15 is 0 Å². The van der Waals surface area contributed by atoms with Crippen LogP contribution in [0.3, 0.4) is 0 Å². The van der Waals surface area contributed by atoms with Gasteiger partial charge in [0.15, 0.2) is 5.16 Å². The van der Waals surface area contributed by atoms with E-state index in [0.29, 0.717) is 0 Å². The van der Waals surface area contributed by atoms with Crippen molar-refractivity contribution in [1.29, 1.82) is 0 Å². The first-order chi connectivity index (χ1) is 9.49. The van der Waals surface area contributed by atoms with Crippen LogP contribution in [0.5, 0.6) is 0 Å². The molecular formula is C16H21N3S. The molecule has 2 unspecified atom stereocenters. The molecule has 20 heavy (non-hydrogen) atoms. The van der Waals surface area contributed by atoms with Gasteiger partial charge in [-0.3, -0.25) is 0 Å². The van der Waals surface area contributed by atoms with Crippen molar-refractivity contribution in [2.45, 2.75) is 44.1 Å². The quantitative estimate of drug-likeness (QED) is 0.690. The van der Waals surface area contributed by atoms with E-state index in [2.05, 4.69) is 35.9 Å². The normalized spacial score (nSPS) is 14.1. The van der Waals surface area contributed by atoms with Gasteiger partial charge in [-0.2, -0.15) is 0 Å². The van der Waals surface area contributed by atoms with Crippen molar-refractivity contribution in [2.75, 3.05) is 0 Å². The maximum atomic E-state index is 6.32. The minimum atomic E-state index is -0.0216. The number of thioether (sulfide) groups is 1. The molecule has 4 heteroatoms. The fraction of sp³-hybridized carbons (Fsp3) is 0.375. The molecule has 1 aromatic heterocycles. The number of nitrogens with two attached hydrogens (primary N) is 1. The summed E-state index contributed by atoms with van der Waals surface area (Å²) in [6.07, 6.45) is 0. The van der Waals surface area contributed by atoms with Crippen LogP contribution >= 0.6 is 11.8 Å². The molecule has 2 aromatic rings. The molecule has 1 aromatic carbocycles. The lowest BCUT2D eigenvalue weighted by atomic mass is 10.1. The van der Waals surface area contributed by atoms with Crippen LogP contribution in [0.25, 0.3) is 0 Å². The molecule has 0 aliphatic heterocycles. The van der Waals surface area contributed by atoms with Gasteiger partial charge < -0.3 is 5.73 Å². The van der Waals surface area contributed by atoms with Gasteiger partial charge in [-0.05, 0) is 31.9 Å². The van der Waals surface area contributed by atoms with Gasteiger partial charge in [-0.1, -0.05) is 49.0 Å². The standard InChI is InChI=1S/C16H21N3S/c1-10-11(2)18-16(19-12(10)3)20-13(4)15(17)14-8-6-5-7-9-14/h5-9,13,15H,17H2,1-4H3. The fourth-order valence-corrected chi connectivity index (χ4v) is 3.00. The lowest BCUT2D eigenvalue weighted by molar-refractivity contribution is 0.710. The summed E-state index contributed by atoms with van der Waals surface area (Å²) in [4.78, 5) is 9.09. The molecule has 3 nitrogen and oxygen atoms in total. The van der Waals surface area contributed by atoms with Crippen LogP contribution < -0.4 is 5.73 Å². The van der Waals surface area contributed by atoms with E-state index in [9.17, 15) is 0 Å².